The summed E-state index contributed by atoms with van der Waals surface area (Å²) in [6.07, 6.45) is 2.44. The molecule has 1 unspecified atom stereocenters. The summed E-state index contributed by atoms with van der Waals surface area (Å²) in [5.74, 6) is 0.622. The third-order valence-electron chi connectivity index (χ3n) is 3.74. The third kappa shape index (κ3) is 3.40. The van der Waals surface area contributed by atoms with Crippen molar-refractivity contribution in [3.63, 3.8) is 0 Å². The zero-order valence-corrected chi connectivity index (χ0v) is 13.7. The highest BCUT2D eigenvalue weighted by Crippen LogP contribution is 2.43. The van der Waals surface area contributed by atoms with Crippen LogP contribution in [0.5, 0.6) is 0 Å². The summed E-state index contributed by atoms with van der Waals surface area (Å²) in [5.41, 5.74) is 2.75. The first-order chi connectivity index (χ1) is 10.2. The van der Waals surface area contributed by atoms with E-state index in [-0.39, 0.29) is 6.04 Å². The summed E-state index contributed by atoms with van der Waals surface area (Å²) in [6.45, 7) is 0. The van der Waals surface area contributed by atoms with Gasteiger partial charge in [-0.2, -0.15) is 5.26 Å². The molecule has 0 radical (unpaired) electrons. The number of nitrogens with zero attached hydrogens (tertiary/aromatic N) is 1. The standard InChI is InChI=1S/C17H14BrClN2/c18-14-6-3-13(10-20)16(9-14)21-17(11-1-2-11)12-4-7-15(19)8-5-12/h3-9,11,17,21H,1-2H2. The predicted octanol–water partition coefficient (Wildman–Crippen LogP) is 5.54. The van der Waals surface area contributed by atoms with E-state index in [0.717, 1.165) is 15.2 Å². The molecule has 2 nitrogen and oxygen atoms in total. The topological polar surface area (TPSA) is 35.8 Å². The van der Waals surface area contributed by atoms with E-state index < -0.39 is 0 Å². The third-order valence-corrected chi connectivity index (χ3v) is 4.48. The molecule has 1 saturated carbocycles. The number of anilines is 1. The highest BCUT2D eigenvalue weighted by Gasteiger charge is 2.32. The Bertz CT molecular complexity index is 687. The highest BCUT2D eigenvalue weighted by molar-refractivity contribution is 9.10. The van der Waals surface area contributed by atoms with Gasteiger partial charge in [0.05, 0.1) is 17.3 Å². The average Bonchev–Trinajstić information content (AvgIpc) is 3.31. The molecule has 3 rings (SSSR count). The minimum absolute atomic E-state index is 0.226. The Labute approximate surface area is 137 Å². The molecular weight excluding hydrogens is 348 g/mol. The van der Waals surface area contributed by atoms with Gasteiger partial charge in [0.2, 0.25) is 0 Å². The Morgan fingerprint density at radius 2 is 1.90 bits per heavy atom. The molecule has 0 saturated heterocycles. The molecule has 0 aromatic heterocycles. The summed E-state index contributed by atoms with van der Waals surface area (Å²) < 4.78 is 0.967. The second-order valence-electron chi connectivity index (χ2n) is 5.31. The van der Waals surface area contributed by atoms with Crippen molar-refractivity contribution in [1.82, 2.24) is 0 Å². The zero-order valence-electron chi connectivity index (χ0n) is 11.3. The summed E-state index contributed by atoms with van der Waals surface area (Å²) in [7, 11) is 0. The van der Waals surface area contributed by atoms with Gasteiger partial charge in [-0.25, -0.2) is 0 Å². The Morgan fingerprint density at radius 3 is 2.52 bits per heavy atom. The number of rotatable bonds is 4. The van der Waals surface area contributed by atoms with Gasteiger partial charge in [0.25, 0.3) is 0 Å². The van der Waals surface area contributed by atoms with Gasteiger partial charge in [-0.05, 0) is 54.7 Å². The first-order valence-electron chi connectivity index (χ1n) is 6.89. The highest BCUT2D eigenvalue weighted by atomic mass is 79.9. The molecule has 0 amide bonds. The van der Waals surface area contributed by atoms with Gasteiger partial charge >= 0.3 is 0 Å². The predicted molar refractivity (Wildman–Crippen MR) is 89.4 cm³/mol. The van der Waals surface area contributed by atoms with Crippen LogP contribution in [0, 0.1) is 17.2 Å². The number of benzene rings is 2. The Balaban J connectivity index is 1.91. The van der Waals surface area contributed by atoms with Crippen LogP contribution in [-0.4, -0.2) is 0 Å². The summed E-state index contributed by atoms with van der Waals surface area (Å²) in [6, 6.07) is 16.1. The van der Waals surface area contributed by atoms with Crippen LogP contribution in [0.1, 0.15) is 30.0 Å². The van der Waals surface area contributed by atoms with E-state index in [9.17, 15) is 5.26 Å². The van der Waals surface area contributed by atoms with E-state index >= 15 is 0 Å². The normalized spacial score (nSPS) is 15.3. The van der Waals surface area contributed by atoms with Crippen LogP contribution < -0.4 is 5.32 Å². The molecule has 0 heterocycles. The lowest BCUT2D eigenvalue weighted by molar-refractivity contribution is 0.679. The Hall–Kier alpha value is -1.50. The van der Waals surface area contributed by atoms with E-state index in [1.165, 1.54) is 18.4 Å². The van der Waals surface area contributed by atoms with Crippen molar-refractivity contribution in [3.05, 3.63) is 63.1 Å². The van der Waals surface area contributed by atoms with Crippen molar-refractivity contribution in [2.75, 3.05) is 5.32 Å². The molecule has 4 heteroatoms. The van der Waals surface area contributed by atoms with E-state index in [2.05, 4.69) is 39.4 Å². The van der Waals surface area contributed by atoms with E-state index in [1.807, 2.05) is 30.3 Å². The summed E-state index contributed by atoms with van der Waals surface area (Å²) in [4.78, 5) is 0. The fourth-order valence-corrected chi connectivity index (χ4v) is 2.96. The summed E-state index contributed by atoms with van der Waals surface area (Å²) in [5, 5.41) is 13.5. The Morgan fingerprint density at radius 1 is 1.19 bits per heavy atom. The van der Waals surface area contributed by atoms with E-state index in [1.54, 1.807) is 0 Å². The molecule has 1 fully saturated rings. The van der Waals surface area contributed by atoms with Gasteiger partial charge in [0.15, 0.2) is 0 Å². The van der Waals surface area contributed by atoms with Gasteiger partial charge < -0.3 is 5.32 Å². The molecule has 1 atom stereocenters. The van der Waals surface area contributed by atoms with Crippen LogP contribution in [0.25, 0.3) is 0 Å². The Kier molecular flexibility index (Phi) is 4.19. The van der Waals surface area contributed by atoms with Crippen LogP contribution >= 0.6 is 27.5 Å². The van der Waals surface area contributed by atoms with Crippen molar-refractivity contribution >= 4 is 33.2 Å². The van der Waals surface area contributed by atoms with Crippen molar-refractivity contribution in [3.8, 4) is 6.07 Å². The molecule has 0 aliphatic heterocycles. The molecule has 0 spiro atoms. The second kappa shape index (κ2) is 6.09. The van der Waals surface area contributed by atoms with Crippen LogP contribution in [0.4, 0.5) is 5.69 Å². The largest absolute Gasteiger partial charge is 0.377 e. The van der Waals surface area contributed by atoms with Crippen molar-refractivity contribution in [2.24, 2.45) is 5.92 Å². The summed E-state index contributed by atoms with van der Waals surface area (Å²) >= 11 is 9.44. The lowest BCUT2D eigenvalue weighted by Crippen LogP contribution is -2.13. The van der Waals surface area contributed by atoms with Gasteiger partial charge in [0, 0.05) is 9.50 Å². The molecule has 2 aromatic rings. The molecular formula is C17H14BrClN2. The van der Waals surface area contributed by atoms with Gasteiger partial charge in [-0.3, -0.25) is 0 Å². The molecule has 106 valence electrons. The quantitative estimate of drug-likeness (QED) is 0.776. The van der Waals surface area contributed by atoms with E-state index in [4.69, 9.17) is 11.6 Å². The molecule has 1 aliphatic rings. The molecule has 0 bridgehead atoms. The number of halogens is 2. The number of hydrogen-bond donors (Lipinski definition) is 1. The zero-order chi connectivity index (χ0) is 14.8. The number of nitriles is 1. The van der Waals surface area contributed by atoms with E-state index in [0.29, 0.717) is 11.5 Å². The van der Waals surface area contributed by atoms with Gasteiger partial charge in [0.1, 0.15) is 6.07 Å². The minimum Gasteiger partial charge on any atom is -0.377 e. The maximum absolute atomic E-state index is 9.26. The van der Waals surface area contributed by atoms with Crippen molar-refractivity contribution in [1.29, 1.82) is 5.26 Å². The maximum atomic E-state index is 9.26. The van der Waals surface area contributed by atoms with Crippen molar-refractivity contribution in [2.45, 2.75) is 18.9 Å². The van der Waals surface area contributed by atoms with Gasteiger partial charge in [-0.1, -0.05) is 39.7 Å². The first-order valence-corrected chi connectivity index (χ1v) is 8.06. The molecule has 1 aliphatic carbocycles. The second-order valence-corrected chi connectivity index (χ2v) is 6.66. The maximum Gasteiger partial charge on any atom is 0.101 e. The minimum atomic E-state index is 0.226. The first kappa shape index (κ1) is 14.4. The lowest BCUT2D eigenvalue weighted by Gasteiger charge is -2.21. The van der Waals surface area contributed by atoms with Crippen LogP contribution in [0.2, 0.25) is 5.02 Å². The van der Waals surface area contributed by atoms with Crippen LogP contribution in [0.3, 0.4) is 0 Å². The smallest absolute Gasteiger partial charge is 0.101 e. The van der Waals surface area contributed by atoms with Crippen molar-refractivity contribution < 1.29 is 0 Å². The molecule has 2 aromatic carbocycles. The molecule has 1 N–H and O–H groups in total. The monoisotopic (exact) mass is 360 g/mol. The number of nitrogens with one attached hydrogen (secondary N) is 1. The fourth-order valence-electron chi connectivity index (χ4n) is 2.47. The van der Waals surface area contributed by atoms with Crippen LogP contribution in [0.15, 0.2) is 46.9 Å². The lowest BCUT2D eigenvalue weighted by atomic mass is 10.0. The number of hydrogen-bond acceptors (Lipinski definition) is 2. The fraction of sp³-hybridized carbons (Fsp3) is 0.235. The van der Waals surface area contributed by atoms with Gasteiger partial charge in [-0.15, -0.1) is 0 Å². The molecule has 21 heavy (non-hydrogen) atoms. The SMILES string of the molecule is N#Cc1ccc(Br)cc1NC(c1ccc(Cl)cc1)C1CC1. The average molecular weight is 362 g/mol. The van der Waals surface area contributed by atoms with Crippen LogP contribution in [-0.2, 0) is 0 Å².